The van der Waals surface area contributed by atoms with E-state index in [0.717, 1.165) is 16.5 Å². The number of hydrazone groups is 1. The van der Waals surface area contributed by atoms with E-state index >= 15 is 0 Å². The number of para-hydroxylation sites is 1. The van der Waals surface area contributed by atoms with Gasteiger partial charge in [0.25, 0.3) is 0 Å². The van der Waals surface area contributed by atoms with E-state index in [1.807, 2.05) is 36.4 Å². The Bertz CT molecular complexity index is 1260. The van der Waals surface area contributed by atoms with Crippen LogP contribution in [0.4, 0.5) is 0 Å². The SMILES string of the molecule is COc1ccc(C2=NN(C(=O)CCC(=O)O)C(c3cc4ccccc4nc3Cl)C2)cc1OC. The molecule has 0 spiro atoms. The summed E-state index contributed by atoms with van der Waals surface area (Å²) in [5.41, 5.74) is 2.80. The number of methoxy groups -OCH3 is 2. The van der Waals surface area contributed by atoms with Crippen molar-refractivity contribution in [2.45, 2.75) is 25.3 Å². The highest BCUT2D eigenvalue weighted by Gasteiger charge is 2.35. The van der Waals surface area contributed by atoms with E-state index in [9.17, 15) is 9.59 Å². The van der Waals surface area contributed by atoms with Crippen LogP contribution in [0.25, 0.3) is 10.9 Å². The molecule has 0 aliphatic carbocycles. The zero-order chi connectivity index (χ0) is 23.5. The first-order chi connectivity index (χ1) is 15.9. The Balaban J connectivity index is 1.74. The van der Waals surface area contributed by atoms with E-state index in [1.54, 1.807) is 26.4 Å². The number of aliphatic carboxylic acids is 1. The zero-order valence-corrected chi connectivity index (χ0v) is 18.9. The van der Waals surface area contributed by atoms with Gasteiger partial charge in [0, 0.05) is 29.4 Å². The maximum absolute atomic E-state index is 13.0. The molecule has 170 valence electrons. The van der Waals surface area contributed by atoms with Gasteiger partial charge in [-0.2, -0.15) is 5.10 Å². The number of aromatic nitrogens is 1. The van der Waals surface area contributed by atoms with Crippen molar-refractivity contribution in [1.82, 2.24) is 9.99 Å². The summed E-state index contributed by atoms with van der Waals surface area (Å²) in [6.07, 6.45) is -0.0752. The number of carbonyl (C=O) groups excluding carboxylic acids is 1. The summed E-state index contributed by atoms with van der Waals surface area (Å²) in [6.45, 7) is 0. The number of carboxylic acid groups (broad SMARTS) is 1. The number of hydrogen-bond acceptors (Lipinski definition) is 6. The van der Waals surface area contributed by atoms with Crippen LogP contribution >= 0.6 is 11.6 Å². The Morgan fingerprint density at radius 2 is 1.85 bits per heavy atom. The van der Waals surface area contributed by atoms with Crippen molar-refractivity contribution in [1.29, 1.82) is 0 Å². The predicted molar refractivity (Wildman–Crippen MR) is 124 cm³/mol. The molecule has 9 heteroatoms. The van der Waals surface area contributed by atoms with E-state index in [4.69, 9.17) is 26.2 Å². The zero-order valence-electron chi connectivity index (χ0n) is 18.1. The third-order valence-corrected chi connectivity index (χ3v) is 5.80. The number of rotatable bonds is 7. The molecule has 33 heavy (non-hydrogen) atoms. The standard InChI is InChI=1S/C24H22ClN3O5/c1-32-20-8-7-15(12-21(20)33-2)18-13-19(28(27-18)22(29)9-10-23(30)31)16-11-14-5-3-4-6-17(14)26-24(16)25/h3-8,11-12,19H,9-10,13H2,1-2H3,(H,30,31). The number of ether oxygens (including phenoxy) is 2. The molecular weight excluding hydrogens is 446 g/mol. The molecule has 1 aromatic heterocycles. The van der Waals surface area contributed by atoms with E-state index in [-0.39, 0.29) is 18.0 Å². The quantitative estimate of drug-likeness (QED) is 0.515. The average Bonchev–Trinajstić information content (AvgIpc) is 3.26. The number of pyridine rings is 1. The van der Waals surface area contributed by atoms with E-state index in [1.165, 1.54) is 5.01 Å². The molecule has 0 saturated heterocycles. The number of benzene rings is 2. The van der Waals surface area contributed by atoms with Crippen LogP contribution in [0, 0.1) is 0 Å². The van der Waals surface area contributed by atoms with Crippen LogP contribution in [0.15, 0.2) is 53.6 Å². The highest BCUT2D eigenvalue weighted by Crippen LogP contribution is 2.38. The second kappa shape index (κ2) is 9.46. The molecule has 0 fully saturated rings. The first kappa shape index (κ1) is 22.5. The third-order valence-electron chi connectivity index (χ3n) is 5.50. The molecule has 1 atom stereocenters. The lowest BCUT2D eigenvalue weighted by Gasteiger charge is -2.22. The van der Waals surface area contributed by atoms with Crippen molar-refractivity contribution in [2.24, 2.45) is 5.10 Å². The summed E-state index contributed by atoms with van der Waals surface area (Å²) in [5.74, 6) is -0.335. The van der Waals surface area contributed by atoms with Gasteiger partial charge in [-0.15, -0.1) is 0 Å². The maximum atomic E-state index is 13.0. The number of nitrogens with zero attached hydrogens (tertiary/aromatic N) is 3. The topological polar surface area (TPSA) is 101 Å². The first-order valence-corrected chi connectivity index (χ1v) is 10.7. The maximum Gasteiger partial charge on any atom is 0.303 e. The molecule has 2 heterocycles. The van der Waals surface area contributed by atoms with Crippen molar-refractivity contribution >= 4 is 40.1 Å². The Morgan fingerprint density at radius 1 is 1.09 bits per heavy atom. The number of fused-ring (bicyclic) bond motifs is 1. The van der Waals surface area contributed by atoms with Gasteiger partial charge in [-0.3, -0.25) is 9.59 Å². The second-order valence-electron chi connectivity index (χ2n) is 7.53. The van der Waals surface area contributed by atoms with Gasteiger partial charge in [-0.1, -0.05) is 29.8 Å². The fraction of sp³-hybridized carbons (Fsp3) is 0.250. The highest BCUT2D eigenvalue weighted by atomic mass is 35.5. The third kappa shape index (κ3) is 4.61. The lowest BCUT2D eigenvalue weighted by atomic mass is 9.98. The van der Waals surface area contributed by atoms with Crippen LogP contribution < -0.4 is 9.47 Å². The normalized spacial score (nSPS) is 15.4. The van der Waals surface area contributed by atoms with Crippen LogP contribution in [0.5, 0.6) is 11.5 Å². The fourth-order valence-electron chi connectivity index (χ4n) is 3.84. The molecule has 0 saturated carbocycles. The van der Waals surface area contributed by atoms with Crippen molar-refractivity contribution in [3.05, 3.63) is 64.8 Å². The van der Waals surface area contributed by atoms with Crippen LogP contribution in [-0.4, -0.2) is 46.9 Å². The van der Waals surface area contributed by atoms with Crippen molar-refractivity contribution in [3.8, 4) is 11.5 Å². The Labute approximate surface area is 195 Å². The second-order valence-corrected chi connectivity index (χ2v) is 7.89. The molecule has 0 bridgehead atoms. The Morgan fingerprint density at radius 3 is 2.58 bits per heavy atom. The van der Waals surface area contributed by atoms with Gasteiger partial charge in [0.1, 0.15) is 5.15 Å². The highest BCUT2D eigenvalue weighted by molar-refractivity contribution is 6.30. The molecule has 8 nitrogen and oxygen atoms in total. The van der Waals surface area contributed by atoms with Gasteiger partial charge in [0.15, 0.2) is 11.5 Å². The van der Waals surface area contributed by atoms with Crippen molar-refractivity contribution in [3.63, 3.8) is 0 Å². The summed E-state index contributed by atoms with van der Waals surface area (Å²) in [6, 6.07) is 14.3. The minimum Gasteiger partial charge on any atom is -0.493 e. The predicted octanol–water partition coefficient (Wildman–Crippen LogP) is 4.45. The van der Waals surface area contributed by atoms with Gasteiger partial charge in [-0.25, -0.2) is 9.99 Å². The molecule has 1 unspecified atom stereocenters. The monoisotopic (exact) mass is 467 g/mol. The number of carboxylic acids is 1. The van der Waals surface area contributed by atoms with Crippen LogP contribution in [-0.2, 0) is 9.59 Å². The van der Waals surface area contributed by atoms with Gasteiger partial charge in [-0.05, 0) is 30.3 Å². The van der Waals surface area contributed by atoms with Crippen molar-refractivity contribution in [2.75, 3.05) is 14.2 Å². The molecule has 4 rings (SSSR count). The summed E-state index contributed by atoms with van der Waals surface area (Å²) in [4.78, 5) is 28.5. The average molecular weight is 468 g/mol. The molecule has 2 aromatic carbocycles. The molecule has 1 aliphatic rings. The summed E-state index contributed by atoms with van der Waals surface area (Å²) in [7, 11) is 3.10. The molecule has 3 aromatic rings. The Kier molecular flexibility index (Phi) is 6.46. The van der Waals surface area contributed by atoms with E-state index in [2.05, 4.69) is 10.1 Å². The van der Waals surface area contributed by atoms with Crippen LogP contribution in [0.2, 0.25) is 5.15 Å². The van der Waals surface area contributed by atoms with E-state index in [0.29, 0.717) is 29.2 Å². The number of hydrogen-bond donors (Lipinski definition) is 1. The van der Waals surface area contributed by atoms with Crippen LogP contribution in [0.3, 0.4) is 0 Å². The van der Waals surface area contributed by atoms with E-state index < -0.39 is 17.9 Å². The fourth-order valence-corrected chi connectivity index (χ4v) is 4.12. The molecule has 0 radical (unpaired) electrons. The summed E-state index contributed by atoms with van der Waals surface area (Å²) >= 11 is 6.53. The van der Waals surface area contributed by atoms with Gasteiger partial charge >= 0.3 is 5.97 Å². The van der Waals surface area contributed by atoms with Crippen LogP contribution in [0.1, 0.15) is 36.4 Å². The number of amides is 1. The smallest absolute Gasteiger partial charge is 0.303 e. The Hall–Kier alpha value is -3.65. The van der Waals surface area contributed by atoms with Crippen molar-refractivity contribution < 1.29 is 24.2 Å². The first-order valence-electron chi connectivity index (χ1n) is 10.3. The van der Waals surface area contributed by atoms with Gasteiger partial charge in [0.05, 0.1) is 37.9 Å². The largest absolute Gasteiger partial charge is 0.493 e. The molecule has 1 N–H and O–H groups in total. The summed E-state index contributed by atoms with van der Waals surface area (Å²) in [5, 5.41) is 16.1. The summed E-state index contributed by atoms with van der Waals surface area (Å²) < 4.78 is 10.7. The van der Waals surface area contributed by atoms with Gasteiger partial charge in [0.2, 0.25) is 5.91 Å². The number of halogens is 1. The van der Waals surface area contributed by atoms with Gasteiger partial charge < -0.3 is 14.6 Å². The lowest BCUT2D eigenvalue weighted by Crippen LogP contribution is -2.27. The minimum atomic E-state index is -1.05. The molecule has 1 amide bonds. The molecule has 1 aliphatic heterocycles. The molecular formula is C24H22ClN3O5. The lowest BCUT2D eigenvalue weighted by molar-refractivity contribution is -0.141. The number of carbonyl (C=O) groups is 2. The minimum absolute atomic E-state index is 0.173.